The van der Waals surface area contributed by atoms with Gasteiger partial charge in [-0.2, -0.15) is 0 Å². The van der Waals surface area contributed by atoms with E-state index in [9.17, 15) is 30.3 Å². The van der Waals surface area contributed by atoms with Crippen molar-refractivity contribution < 1.29 is 39.8 Å². The van der Waals surface area contributed by atoms with Crippen LogP contribution in [0, 0.1) is 0 Å². The van der Waals surface area contributed by atoms with Crippen molar-refractivity contribution in [2.45, 2.75) is 301 Å². The molecule has 1 saturated heterocycles. The van der Waals surface area contributed by atoms with Crippen molar-refractivity contribution in [2.24, 2.45) is 0 Å². The third-order valence-electron chi connectivity index (χ3n) is 13.8. The first-order valence-electron chi connectivity index (χ1n) is 29.6. The number of hydrogen-bond donors (Lipinski definition) is 6. The van der Waals surface area contributed by atoms with Crippen LogP contribution in [0.2, 0.25) is 0 Å². The molecule has 9 nitrogen and oxygen atoms in total. The standard InChI is InChI=1S/C62H111NO8/c1-3-5-7-9-11-13-15-17-19-21-22-23-24-25-26-27-28-29-30-31-32-33-34-36-38-40-42-44-46-48-50-52-58(66)63-55(54-70-62-61(69)60(68)59(67)57(53-64)71-62)56(65)51-49-47-45-43-41-39-37-35-20-18-16-14-12-10-8-6-4-2/h5,7,11,13,17,19,22-23,25-26,28-29,55-57,59-62,64-65,67-69H,3-4,6,8-10,12,14-16,18,20-21,24,27,30-54H2,1-2H3,(H,63,66)/b7-5-,13-11-,19-17-,23-22-,26-25-,29-28-. The van der Waals surface area contributed by atoms with E-state index in [-0.39, 0.29) is 12.5 Å². The molecule has 0 radical (unpaired) electrons. The Hall–Kier alpha value is -2.37. The van der Waals surface area contributed by atoms with Crippen LogP contribution in [0.3, 0.4) is 0 Å². The van der Waals surface area contributed by atoms with Crippen molar-refractivity contribution in [3.63, 3.8) is 0 Å². The van der Waals surface area contributed by atoms with Gasteiger partial charge in [-0.05, 0) is 64.2 Å². The molecule has 71 heavy (non-hydrogen) atoms. The molecular weight excluding hydrogens is 887 g/mol. The summed E-state index contributed by atoms with van der Waals surface area (Å²) >= 11 is 0. The van der Waals surface area contributed by atoms with Crippen molar-refractivity contribution in [3.05, 3.63) is 72.9 Å². The molecule has 9 heteroatoms. The molecule has 1 amide bonds. The number of carbonyl (C=O) groups is 1. The van der Waals surface area contributed by atoms with Gasteiger partial charge in [0.25, 0.3) is 0 Å². The highest BCUT2D eigenvalue weighted by atomic mass is 16.7. The number of amides is 1. The quantitative estimate of drug-likeness (QED) is 0.0261. The second-order valence-electron chi connectivity index (χ2n) is 20.4. The van der Waals surface area contributed by atoms with Crippen LogP contribution in [-0.4, -0.2) is 87.5 Å². The second-order valence-corrected chi connectivity index (χ2v) is 20.4. The number of unbranched alkanes of at least 4 members (excludes halogenated alkanes) is 28. The van der Waals surface area contributed by atoms with Crippen molar-refractivity contribution in [1.82, 2.24) is 5.32 Å². The zero-order chi connectivity index (χ0) is 51.5. The van der Waals surface area contributed by atoms with E-state index in [0.29, 0.717) is 12.8 Å². The van der Waals surface area contributed by atoms with Gasteiger partial charge in [0.1, 0.15) is 24.4 Å². The summed E-state index contributed by atoms with van der Waals surface area (Å²) in [4.78, 5) is 13.1. The Bertz CT molecular complexity index is 1340. The SMILES string of the molecule is CC/C=C\C/C=C\C/C=C\C/C=C\C/C=C\C/C=C\CCCCCCCCCCCCCCC(=O)NC(COC1OC(CO)C(O)C(O)C1O)C(O)CCCCCCCCCCCCCCCCCCC. The predicted octanol–water partition coefficient (Wildman–Crippen LogP) is 14.8. The van der Waals surface area contributed by atoms with Crippen molar-refractivity contribution in [3.8, 4) is 0 Å². The van der Waals surface area contributed by atoms with E-state index in [1.807, 2.05) is 0 Å². The maximum absolute atomic E-state index is 13.1. The normalized spacial score (nSPS) is 19.8. The lowest BCUT2D eigenvalue weighted by Gasteiger charge is -2.40. The van der Waals surface area contributed by atoms with Crippen molar-refractivity contribution in [2.75, 3.05) is 13.2 Å². The van der Waals surface area contributed by atoms with Crippen LogP contribution in [0.1, 0.15) is 258 Å². The Balaban J connectivity index is 2.17. The van der Waals surface area contributed by atoms with E-state index < -0.39 is 49.5 Å². The smallest absolute Gasteiger partial charge is 0.220 e. The average molecular weight is 999 g/mol. The van der Waals surface area contributed by atoms with Crippen LogP contribution in [0.15, 0.2) is 72.9 Å². The Morgan fingerprint density at radius 2 is 0.873 bits per heavy atom. The molecule has 6 N–H and O–H groups in total. The molecule has 7 atom stereocenters. The molecule has 1 aliphatic heterocycles. The molecule has 0 bridgehead atoms. The number of rotatable bonds is 50. The monoisotopic (exact) mass is 998 g/mol. The van der Waals surface area contributed by atoms with E-state index in [0.717, 1.165) is 77.0 Å². The summed E-state index contributed by atoms with van der Waals surface area (Å²) in [6, 6.07) is -0.724. The van der Waals surface area contributed by atoms with Crippen molar-refractivity contribution in [1.29, 1.82) is 0 Å². The molecule has 7 unspecified atom stereocenters. The van der Waals surface area contributed by atoms with E-state index >= 15 is 0 Å². The number of hydrogen-bond acceptors (Lipinski definition) is 8. The minimum absolute atomic E-state index is 0.140. The molecule has 0 aromatic heterocycles. The maximum atomic E-state index is 13.1. The van der Waals surface area contributed by atoms with Gasteiger partial charge in [-0.25, -0.2) is 0 Å². The molecule has 1 heterocycles. The van der Waals surface area contributed by atoms with Gasteiger partial charge in [0.05, 0.1) is 25.4 Å². The minimum atomic E-state index is -1.56. The number of ether oxygens (including phenoxy) is 2. The summed E-state index contributed by atoms with van der Waals surface area (Å²) in [5, 5.41) is 54.7. The summed E-state index contributed by atoms with van der Waals surface area (Å²) in [7, 11) is 0. The molecule has 0 spiro atoms. The Morgan fingerprint density at radius 1 is 0.493 bits per heavy atom. The lowest BCUT2D eigenvalue weighted by atomic mass is 9.99. The lowest BCUT2D eigenvalue weighted by Crippen LogP contribution is -2.60. The third kappa shape index (κ3) is 40.7. The van der Waals surface area contributed by atoms with Gasteiger partial charge in [-0.15, -0.1) is 0 Å². The largest absolute Gasteiger partial charge is 0.394 e. The fraction of sp³-hybridized carbons (Fsp3) is 0.790. The molecule has 1 fully saturated rings. The molecule has 1 rings (SSSR count). The highest BCUT2D eigenvalue weighted by Gasteiger charge is 2.44. The third-order valence-corrected chi connectivity index (χ3v) is 13.8. The summed E-state index contributed by atoms with van der Waals surface area (Å²) in [6.07, 6.45) is 63.5. The van der Waals surface area contributed by atoms with Crippen molar-refractivity contribution >= 4 is 5.91 Å². The first kappa shape index (κ1) is 66.6. The number of nitrogens with one attached hydrogen (secondary N) is 1. The van der Waals surface area contributed by atoms with E-state index in [1.54, 1.807) is 0 Å². The van der Waals surface area contributed by atoms with E-state index in [4.69, 9.17) is 9.47 Å². The van der Waals surface area contributed by atoms with Crippen LogP contribution in [0.4, 0.5) is 0 Å². The number of carbonyl (C=O) groups excluding carboxylic acids is 1. The van der Waals surface area contributed by atoms with Gasteiger partial charge in [-0.3, -0.25) is 4.79 Å². The van der Waals surface area contributed by atoms with Gasteiger partial charge in [0.2, 0.25) is 5.91 Å². The topological polar surface area (TPSA) is 149 Å². The molecule has 0 aromatic rings. The molecule has 412 valence electrons. The zero-order valence-corrected chi connectivity index (χ0v) is 45.7. The molecule has 0 aliphatic carbocycles. The van der Waals surface area contributed by atoms with Crippen LogP contribution in [-0.2, 0) is 14.3 Å². The number of aliphatic hydroxyl groups excluding tert-OH is 5. The highest BCUT2D eigenvalue weighted by Crippen LogP contribution is 2.23. The Morgan fingerprint density at radius 3 is 1.30 bits per heavy atom. The number of allylic oxidation sites excluding steroid dienone is 12. The van der Waals surface area contributed by atoms with Crippen LogP contribution < -0.4 is 5.32 Å². The summed E-state index contributed by atoms with van der Waals surface area (Å²) < 4.78 is 11.3. The van der Waals surface area contributed by atoms with Crippen LogP contribution >= 0.6 is 0 Å². The Labute approximate surface area is 436 Å². The van der Waals surface area contributed by atoms with Crippen LogP contribution in [0.5, 0.6) is 0 Å². The van der Waals surface area contributed by atoms with Crippen LogP contribution in [0.25, 0.3) is 0 Å². The predicted molar refractivity (Wildman–Crippen MR) is 299 cm³/mol. The summed E-state index contributed by atoms with van der Waals surface area (Å²) in [5.74, 6) is -0.147. The average Bonchev–Trinajstić information content (AvgIpc) is 3.37. The van der Waals surface area contributed by atoms with Gasteiger partial charge in [0.15, 0.2) is 6.29 Å². The first-order valence-corrected chi connectivity index (χ1v) is 29.6. The zero-order valence-electron chi connectivity index (χ0n) is 45.7. The molecule has 0 aromatic carbocycles. The maximum Gasteiger partial charge on any atom is 0.220 e. The summed E-state index contributed by atoms with van der Waals surface area (Å²) in [5.41, 5.74) is 0. The van der Waals surface area contributed by atoms with Gasteiger partial charge >= 0.3 is 0 Å². The number of aliphatic hydroxyl groups is 5. The lowest BCUT2D eigenvalue weighted by molar-refractivity contribution is -0.302. The molecule has 0 saturated carbocycles. The van der Waals surface area contributed by atoms with Gasteiger partial charge in [0, 0.05) is 6.42 Å². The fourth-order valence-electron chi connectivity index (χ4n) is 9.17. The first-order chi connectivity index (χ1) is 34.8. The second kappa shape index (κ2) is 51.1. The fourth-order valence-corrected chi connectivity index (χ4v) is 9.17. The highest BCUT2D eigenvalue weighted by molar-refractivity contribution is 5.76. The molecular formula is C62H111NO8. The Kier molecular flexibility index (Phi) is 48.0. The van der Waals surface area contributed by atoms with Gasteiger partial charge < -0.3 is 40.3 Å². The van der Waals surface area contributed by atoms with E-state index in [2.05, 4.69) is 92.1 Å². The summed E-state index contributed by atoms with van der Waals surface area (Å²) in [6.45, 7) is 3.74. The minimum Gasteiger partial charge on any atom is -0.394 e. The van der Waals surface area contributed by atoms with Gasteiger partial charge in [-0.1, -0.05) is 260 Å². The van der Waals surface area contributed by atoms with E-state index in [1.165, 1.54) is 154 Å². The molecule has 1 aliphatic rings.